The van der Waals surface area contributed by atoms with E-state index in [2.05, 4.69) is 0 Å². The Labute approximate surface area is 113 Å². The van der Waals surface area contributed by atoms with Crippen LogP contribution in [0.1, 0.15) is 12.5 Å². The highest BCUT2D eigenvalue weighted by Crippen LogP contribution is 2.18. The van der Waals surface area contributed by atoms with Crippen molar-refractivity contribution in [3.8, 4) is 0 Å². The lowest BCUT2D eigenvalue weighted by Crippen LogP contribution is -2.37. The molecule has 0 unspecified atom stereocenters. The van der Waals surface area contributed by atoms with Gasteiger partial charge in [0.25, 0.3) is 0 Å². The molecule has 0 saturated carbocycles. The second kappa shape index (κ2) is 6.35. The molecule has 0 aliphatic carbocycles. The van der Waals surface area contributed by atoms with Gasteiger partial charge in [0.05, 0.1) is 6.54 Å². The number of benzene rings is 1. The third-order valence-corrected chi connectivity index (χ3v) is 3.07. The van der Waals surface area contributed by atoms with Crippen LogP contribution in [0.4, 0.5) is 5.69 Å². The van der Waals surface area contributed by atoms with Crippen LogP contribution in [0.3, 0.4) is 0 Å². The smallest absolute Gasteiger partial charge is 0.241 e. The molecule has 1 aromatic rings. The average molecular weight is 265 g/mol. The lowest BCUT2D eigenvalue weighted by atomic mass is 10.1. The van der Waals surface area contributed by atoms with Crippen molar-refractivity contribution in [1.29, 1.82) is 0 Å². The molecule has 0 bridgehead atoms. The molecule has 1 rings (SSSR count). The van der Waals surface area contributed by atoms with E-state index in [4.69, 9.17) is 18.0 Å². The summed E-state index contributed by atoms with van der Waals surface area (Å²) < 4.78 is 0. The van der Waals surface area contributed by atoms with Gasteiger partial charge in [0.2, 0.25) is 5.91 Å². The summed E-state index contributed by atoms with van der Waals surface area (Å²) >= 11 is 5.01. The Kier molecular flexibility index (Phi) is 5.09. The zero-order valence-electron chi connectivity index (χ0n) is 11.0. The second-order valence-corrected chi connectivity index (χ2v) is 4.59. The molecule has 98 valence electrons. The van der Waals surface area contributed by atoms with Crippen molar-refractivity contribution >= 4 is 28.8 Å². The van der Waals surface area contributed by atoms with E-state index in [0.29, 0.717) is 18.1 Å². The summed E-state index contributed by atoms with van der Waals surface area (Å²) in [7, 11) is 3.65. The van der Waals surface area contributed by atoms with Gasteiger partial charge in [0.15, 0.2) is 0 Å². The van der Waals surface area contributed by atoms with Gasteiger partial charge >= 0.3 is 0 Å². The number of nitrogens with two attached hydrogens (primary N) is 1. The second-order valence-electron chi connectivity index (χ2n) is 4.15. The predicted molar refractivity (Wildman–Crippen MR) is 78.9 cm³/mol. The minimum absolute atomic E-state index is 0.0674. The number of carbonyl (C=O) groups excluding carboxylic acids is 1. The minimum atomic E-state index is 0.0674. The first-order chi connectivity index (χ1) is 8.47. The lowest BCUT2D eigenvalue weighted by Gasteiger charge is -2.24. The molecule has 18 heavy (non-hydrogen) atoms. The van der Waals surface area contributed by atoms with E-state index in [1.807, 2.05) is 43.1 Å². The Morgan fingerprint density at radius 1 is 1.33 bits per heavy atom. The standard InChI is InChI=1S/C13H19N3OS/c1-4-15(2)12(17)9-16(3)11-8-6-5-7-10(11)13(14)18/h5-8H,4,9H2,1-3H3,(H2,14,18). The molecule has 0 saturated heterocycles. The zero-order chi connectivity index (χ0) is 13.7. The van der Waals surface area contributed by atoms with Crippen LogP contribution in [0.25, 0.3) is 0 Å². The van der Waals surface area contributed by atoms with Gasteiger partial charge in [-0.3, -0.25) is 4.79 Å². The van der Waals surface area contributed by atoms with Crippen molar-refractivity contribution in [1.82, 2.24) is 4.90 Å². The van der Waals surface area contributed by atoms with Crippen LogP contribution < -0.4 is 10.6 Å². The van der Waals surface area contributed by atoms with Crippen LogP contribution in [-0.4, -0.2) is 43.0 Å². The van der Waals surface area contributed by atoms with Crippen molar-refractivity contribution in [2.45, 2.75) is 6.92 Å². The number of likely N-dealkylation sites (N-methyl/N-ethyl adjacent to an activating group) is 2. The van der Waals surface area contributed by atoms with Gasteiger partial charge in [0, 0.05) is 31.9 Å². The molecule has 0 aliphatic heterocycles. The quantitative estimate of drug-likeness (QED) is 0.814. The Hall–Kier alpha value is -1.62. The third-order valence-electron chi connectivity index (χ3n) is 2.85. The molecule has 1 amide bonds. The van der Waals surface area contributed by atoms with Gasteiger partial charge in [-0.05, 0) is 19.1 Å². The first-order valence-electron chi connectivity index (χ1n) is 5.81. The molecule has 4 nitrogen and oxygen atoms in total. The summed E-state index contributed by atoms with van der Waals surface area (Å²) in [6.45, 7) is 2.95. The Balaban J connectivity index is 2.88. The van der Waals surface area contributed by atoms with Crippen molar-refractivity contribution < 1.29 is 4.79 Å². The normalized spacial score (nSPS) is 9.94. The maximum absolute atomic E-state index is 11.9. The highest BCUT2D eigenvalue weighted by Gasteiger charge is 2.14. The fourth-order valence-electron chi connectivity index (χ4n) is 1.60. The van der Waals surface area contributed by atoms with E-state index in [9.17, 15) is 4.79 Å². The third kappa shape index (κ3) is 3.43. The number of thiocarbonyl (C=S) groups is 1. The number of rotatable bonds is 5. The number of carbonyl (C=O) groups is 1. The summed E-state index contributed by atoms with van der Waals surface area (Å²) in [4.78, 5) is 15.7. The van der Waals surface area contributed by atoms with E-state index in [0.717, 1.165) is 11.3 Å². The Bertz CT molecular complexity index is 448. The van der Waals surface area contributed by atoms with Gasteiger partial charge in [-0.25, -0.2) is 0 Å². The molecule has 0 aliphatic rings. The highest BCUT2D eigenvalue weighted by atomic mass is 32.1. The van der Waals surface area contributed by atoms with E-state index < -0.39 is 0 Å². The van der Waals surface area contributed by atoms with Gasteiger partial charge < -0.3 is 15.5 Å². The molecule has 0 aromatic heterocycles. The van der Waals surface area contributed by atoms with E-state index in [1.165, 1.54) is 0 Å². The predicted octanol–water partition coefficient (Wildman–Crippen LogP) is 1.24. The highest BCUT2D eigenvalue weighted by molar-refractivity contribution is 7.80. The van der Waals surface area contributed by atoms with Crippen LogP contribution in [0.15, 0.2) is 24.3 Å². The summed E-state index contributed by atoms with van der Waals surface area (Å²) in [5.74, 6) is 0.0674. The summed E-state index contributed by atoms with van der Waals surface area (Å²) in [5.41, 5.74) is 7.35. The first-order valence-corrected chi connectivity index (χ1v) is 6.22. The molecule has 0 spiro atoms. The van der Waals surface area contributed by atoms with Crippen LogP contribution in [0, 0.1) is 0 Å². The van der Waals surface area contributed by atoms with E-state index >= 15 is 0 Å². The van der Waals surface area contributed by atoms with E-state index in [1.54, 1.807) is 11.9 Å². The summed E-state index contributed by atoms with van der Waals surface area (Å²) in [6, 6.07) is 7.56. The SMILES string of the molecule is CCN(C)C(=O)CN(C)c1ccccc1C(N)=S. The van der Waals surface area contributed by atoms with Gasteiger partial charge in [0.1, 0.15) is 4.99 Å². The molecule has 0 heterocycles. The molecule has 5 heteroatoms. The fraction of sp³-hybridized carbons (Fsp3) is 0.385. The maximum atomic E-state index is 11.9. The first kappa shape index (κ1) is 14.4. The van der Waals surface area contributed by atoms with Crippen LogP contribution >= 0.6 is 12.2 Å². The number of nitrogens with zero attached hydrogens (tertiary/aromatic N) is 2. The monoisotopic (exact) mass is 265 g/mol. The van der Waals surface area contributed by atoms with Gasteiger partial charge in [-0.1, -0.05) is 24.4 Å². The number of amides is 1. The van der Waals surface area contributed by atoms with E-state index in [-0.39, 0.29) is 5.91 Å². The zero-order valence-corrected chi connectivity index (χ0v) is 11.8. The van der Waals surface area contributed by atoms with Crippen LogP contribution in [-0.2, 0) is 4.79 Å². The van der Waals surface area contributed by atoms with Crippen molar-refractivity contribution in [3.05, 3.63) is 29.8 Å². The molecule has 0 radical (unpaired) electrons. The molecule has 0 fully saturated rings. The Morgan fingerprint density at radius 3 is 2.50 bits per heavy atom. The maximum Gasteiger partial charge on any atom is 0.241 e. The number of para-hydroxylation sites is 1. The number of hydrogen-bond donors (Lipinski definition) is 1. The average Bonchev–Trinajstić information content (AvgIpc) is 2.37. The van der Waals surface area contributed by atoms with Gasteiger partial charge in [-0.15, -0.1) is 0 Å². The topological polar surface area (TPSA) is 49.6 Å². The molecular weight excluding hydrogens is 246 g/mol. The largest absolute Gasteiger partial charge is 0.389 e. The molecular formula is C13H19N3OS. The van der Waals surface area contributed by atoms with Crippen LogP contribution in [0.5, 0.6) is 0 Å². The fourth-order valence-corrected chi connectivity index (χ4v) is 1.77. The Morgan fingerprint density at radius 2 is 1.94 bits per heavy atom. The van der Waals surface area contributed by atoms with Gasteiger partial charge in [-0.2, -0.15) is 0 Å². The molecule has 2 N–H and O–H groups in total. The number of hydrogen-bond acceptors (Lipinski definition) is 3. The minimum Gasteiger partial charge on any atom is -0.389 e. The summed E-state index contributed by atoms with van der Waals surface area (Å²) in [5, 5.41) is 0. The lowest BCUT2D eigenvalue weighted by molar-refractivity contribution is -0.128. The van der Waals surface area contributed by atoms with Crippen LogP contribution in [0.2, 0.25) is 0 Å². The van der Waals surface area contributed by atoms with Crippen molar-refractivity contribution in [3.63, 3.8) is 0 Å². The van der Waals surface area contributed by atoms with Crippen molar-refractivity contribution in [2.24, 2.45) is 5.73 Å². The molecule has 0 atom stereocenters. The van der Waals surface area contributed by atoms with Crippen molar-refractivity contribution in [2.75, 3.05) is 32.1 Å². The number of anilines is 1. The summed E-state index contributed by atoms with van der Waals surface area (Å²) in [6.07, 6.45) is 0. The molecule has 1 aromatic carbocycles.